The second-order valence-electron chi connectivity index (χ2n) is 9.40. The van der Waals surface area contributed by atoms with Gasteiger partial charge in [-0.15, -0.1) is 0 Å². The molecule has 0 unspecified atom stereocenters. The lowest BCUT2D eigenvalue weighted by atomic mass is 10.1. The third-order valence-electron chi connectivity index (χ3n) is 6.07. The van der Waals surface area contributed by atoms with Gasteiger partial charge in [0, 0.05) is 40.4 Å². The predicted octanol–water partition coefficient (Wildman–Crippen LogP) is 6.92. The van der Waals surface area contributed by atoms with Crippen molar-refractivity contribution >= 4 is 61.4 Å². The summed E-state index contributed by atoms with van der Waals surface area (Å²) in [5, 5.41) is 17.2. The van der Waals surface area contributed by atoms with Crippen LogP contribution in [0.25, 0.3) is 10.9 Å². The molecule has 0 bridgehead atoms. The lowest BCUT2D eigenvalue weighted by Crippen LogP contribution is -2.17. The Morgan fingerprint density at radius 3 is 2.68 bits per heavy atom. The highest BCUT2D eigenvalue weighted by Crippen LogP contribution is 2.37. The number of nitrogens with zero attached hydrogens (tertiary/aromatic N) is 4. The van der Waals surface area contributed by atoms with Crippen LogP contribution in [0.15, 0.2) is 59.3 Å². The van der Waals surface area contributed by atoms with Crippen LogP contribution in [0.3, 0.4) is 0 Å². The minimum atomic E-state index is -0.119. The van der Waals surface area contributed by atoms with Crippen molar-refractivity contribution in [2.45, 2.75) is 26.4 Å². The van der Waals surface area contributed by atoms with E-state index in [4.69, 9.17) is 21.1 Å². The summed E-state index contributed by atoms with van der Waals surface area (Å²) >= 11 is 10.0. The van der Waals surface area contributed by atoms with E-state index in [0.29, 0.717) is 63.1 Å². The third kappa shape index (κ3) is 7.85. The van der Waals surface area contributed by atoms with Gasteiger partial charge in [0.15, 0.2) is 0 Å². The maximum Gasteiger partial charge on any atom is 0.224 e. The Bertz CT molecular complexity index is 1590. The summed E-state index contributed by atoms with van der Waals surface area (Å²) < 4.78 is 12.5. The Morgan fingerprint density at radius 2 is 1.98 bits per heavy atom. The molecule has 212 valence electrons. The van der Waals surface area contributed by atoms with E-state index in [9.17, 15) is 10.1 Å². The number of fused-ring (bicyclic) bond motifs is 1. The number of ether oxygens (including phenoxy) is 2. The molecule has 2 heterocycles. The van der Waals surface area contributed by atoms with Gasteiger partial charge in [0.1, 0.15) is 24.2 Å². The van der Waals surface area contributed by atoms with Crippen molar-refractivity contribution < 1.29 is 14.3 Å². The van der Waals surface area contributed by atoms with Crippen LogP contribution in [-0.2, 0) is 11.4 Å². The fraction of sp³-hybridized carbons (Fsp3) is 0.267. The molecule has 4 rings (SSSR count). The normalized spacial score (nSPS) is 10.9. The average Bonchev–Trinajstić information content (AvgIpc) is 2.94. The van der Waals surface area contributed by atoms with E-state index in [1.807, 2.05) is 44.1 Å². The first-order valence-corrected chi connectivity index (χ1v) is 14.2. The van der Waals surface area contributed by atoms with Crippen LogP contribution in [0, 0.1) is 11.3 Å². The van der Waals surface area contributed by atoms with Gasteiger partial charge in [-0.3, -0.25) is 14.8 Å². The number of nitriles is 1. The molecule has 0 radical (unpaired) electrons. The number of rotatable bonds is 12. The number of carbonyl (C=O) groups is 1. The van der Waals surface area contributed by atoms with Crippen molar-refractivity contribution in [1.82, 2.24) is 14.9 Å². The average molecular weight is 638 g/mol. The number of carbonyl (C=O) groups excluding carboxylic acids is 1. The monoisotopic (exact) mass is 636 g/mol. The van der Waals surface area contributed by atoms with Gasteiger partial charge in [-0.2, -0.15) is 5.26 Å². The van der Waals surface area contributed by atoms with Gasteiger partial charge in [0.2, 0.25) is 5.91 Å². The minimum Gasteiger partial charge on any atom is -0.492 e. The van der Waals surface area contributed by atoms with Crippen molar-refractivity contribution in [2.24, 2.45) is 0 Å². The summed E-state index contributed by atoms with van der Waals surface area (Å²) in [6, 6.07) is 14.8. The van der Waals surface area contributed by atoms with E-state index in [2.05, 4.69) is 42.6 Å². The van der Waals surface area contributed by atoms with Gasteiger partial charge < -0.3 is 25.0 Å². The number of hydrogen-bond acceptors (Lipinski definition) is 8. The topological polar surface area (TPSA) is 112 Å². The Morgan fingerprint density at radius 1 is 1.15 bits per heavy atom. The number of benzene rings is 2. The zero-order chi connectivity index (χ0) is 29.4. The van der Waals surface area contributed by atoms with Crippen LogP contribution in [0.2, 0.25) is 5.02 Å². The molecule has 0 aliphatic rings. The Labute approximate surface area is 252 Å². The van der Waals surface area contributed by atoms with Crippen LogP contribution in [0.4, 0.5) is 17.1 Å². The fourth-order valence-corrected chi connectivity index (χ4v) is 4.70. The van der Waals surface area contributed by atoms with E-state index in [1.54, 1.807) is 30.5 Å². The van der Waals surface area contributed by atoms with Crippen LogP contribution in [0.1, 0.15) is 31.0 Å². The quantitative estimate of drug-likeness (QED) is 0.172. The first-order chi connectivity index (χ1) is 19.8. The van der Waals surface area contributed by atoms with Crippen molar-refractivity contribution in [3.05, 3.63) is 75.6 Å². The summed E-state index contributed by atoms with van der Waals surface area (Å²) in [6.45, 7) is 3.34. The smallest absolute Gasteiger partial charge is 0.224 e. The largest absolute Gasteiger partial charge is 0.492 e. The molecular formula is C30H30BrClN6O3. The number of nitrogens with one attached hydrogen (secondary N) is 2. The number of hydrogen-bond donors (Lipinski definition) is 2. The van der Waals surface area contributed by atoms with Gasteiger partial charge >= 0.3 is 0 Å². The Hall–Kier alpha value is -3.91. The molecule has 0 atom stereocenters. The molecule has 2 N–H and O–H groups in total. The van der Waals surface area contributed by atoms with Crippen molar-refractivity contribution in [3.63, 3.8) is 0 Å². The van der Waals surface area contributed by atoms with Gasteiger partial charge in [-0.25, -0.2) is 0 Å². The molecule has 0 saturated heterocycles. The molecule has 0 aliphatic carbocycles. The molecule has 1 amide bonds. The van der Waals surface area contributed by atoms with Crippen molar-refractivity contribution in [3.8, 4) is 17.6 Å². The number of anilines is 3. The first kappa shape index (κ1) is 30.1. The van der Waals surface area contributed by atoms with Crippen molar-refractivity contribution in [1.29, 1.82) is 5.26 Å². The molecule has 4 aromatic rings. The van der Waals surface area contributed by atoms with E-state index in [0.717, 1.165) is 23.1 Å². The van der Waals surface area contributed by atoms with Gasteiger partial charge in [-0.1, -0.05) is 11.6 Å². The molecule has 0 spiro atoms. The summed E-state index contributed by atoms with van der Waals surface area (Å²) in [7, 11) is 3.94. The highest BCUT2D eigenvalue weighted by atomic mass is 79.9. The molecule has 0 aliphatic heterocycles. The van der Waals surface area contributed by atoms with Crippen LogP contribution in [-0.4, -0.2) is 48.0 Å². The summed E-state index contributed by atoms with van der Waals surface area (Å²) in [6.07, 6.45) is 4.30. The standard InChI is InChI=1S/C30H30BrClN6O3/c1-4-40-28-15-24-21(14-25(28)37-29(39)8-6-12-38(2)3)30(19(16-33)17-35-24)36-20-9-10-27(23(32)13-20)41-18-26-22(31)7-5-11-34-26/h5,7,9-11,13-15,17H,4,6,8,12,18H2,1-3H3,(H,35,36)(H,37,39). The van der Waals surface area contributed by atoms with Gasteiger partial charge in [0.25, 0.3) is 0 Å². The number of halogens is 2. The summed E-state index contributed by atoms with van der Waals surface area (Å²) in [4.78, 5) is 23.5. The zero-order valence-corrected chi connectivity index (χ0v) is 25.3. The predicted molar refractivity (Wildman–Crippen MR) is 165 cm³/mol. The van der Waals surface area contributed by atoms with E-state index >= 15 is 0 Å². The summed E-state index contributed by atoms with van der Waals surface area (Å²) in [5.74, 6) is 0.884. The van der Waals surface area contributed by atoms with E-state index in [-0.39, 0.29) is 12.5 Å². The Kier molecular flexibility index (Phi) is 10.4. The molecule has 9 nitrogen and oxygen atoms in total. The number of amides is 1. The maximum absolute atomic E-state index is 12.7. The van der Waals surface area contributed by atoms with E-state index in [1.165, 1.54) is 6.20 Å². The SMILES string of the molecule is CCOc1cc2ncc(C#N)c(Nc3ccc(OCc4ncccc4Br)c(Cl)c3)c2cc1NC(=O)CCCN(C)C. The number of aromatic nitrogens is 2. The molecule has 11 heteroatoms. The highest BCUT2D eigenvalue weighted by molar-refractivity contribution is 9.10. The number of pyridine rings is 2. The lowest BCUT2D eigenvalue weighted by Gasteiger charge is -2.17. The highest BCUT2D eigenvalue weighted by Gasteiger charge is 2.16. The molecular weight excluding hydrogens is 608 g/mol. The second-order valence-corrected chi connectivity index (χ2v) is 10.7. The Balaban J connectivity index is 1.62. The molecule has 2 aromatic carbocycles. The fourth-order valence-electron chi connectivity index (χ4n) is 4.09. The molecule has 0 fully saturated rings. The second kappa shape index (κ2) is 14.1. The molecule has 41 heavy (non-hydrogen) atoms. The van der Waals surface area contributed by atoms with Gasteiger partial charge in [-0.05, 0) is 86.3 Å². The third-order valence-corrected chi connectivity index (χ3v) is 7.09. The van der Waals surface area contributed by atoms with Crippen LogP contribution in [0.5, 0.6) is 11.5 Å². The lowest BCUT2D eigenvalue weighted by molar-refractivity contribution is -0.116. The van der Waals surface area contributed by atoms with Crippen LogP contribution < -0.4 is 20.1 Å². The maximum atomic E-state index is 12.7. The first-order valence-electron chi connectivity index (χ1n) is 13.0. The summed E-state index contributed by atoms with van der Waals surface area (Å²) in [5.41, 5.74) is 3.38. The zero-order valence-electron chi connectivity index (χ0n) is 23.0. The minimum absolute atomic E-state index is 0.119. The van der Waals surface area contributed by atoms with Crippen LogP contribution >= 0.6 is 27.5 Å². The molecule has 0 saturated carbocycles. The molecule has 2 aromatic heterocycles. The van der Waals surface area contributed by atoms with E-state index < -0.39 is 0 Å². The van der Waals surface area contributed by atoms with Crippen molar-refractivity contribution in [2.75, 3.05) is 37.9 Å². The van der Waals surface area contributed by atoms with Gasteiger partial charge in [0.05, 0.1) is 39.8 Å².